The van der Waals surface area contributed by atoms with Gasteiger partial charge in [0.15, 0.2) is 0 Å². The molecule has 18 heavy (non-hydrogen) atoms. The van der Waals surface area contributed by atoms with E-state index in [1.807, 2.05) is 0 Å². The quantitative estimate of drug-likeness (QED) is 0.592. The third kappa shape index (κ3) is 11.1. The second-order valence-electron chi connectivity index (χ2n) is 3.52. The first-order valence-electron chi connectivity index (χ1n) is 5.01. The Morgan fingerprint density at radius 1 is 1.11 bits per heavy atom. The van der Waals surface area contributed by atoms with Crippen LogP contribution in [0.3, 0.4) is 0 Å². The molecule has 0 unspecified atom stereocenters. The standard InChI is InChI=1S/C9H14F3NO5/c10-9(11,12)6-18-3-1-2-13(4-7(14)15)5-8(16)17/h1-6H2,(H,14,15)(H,16,17). The van der Waals surface area contributed by atoms with Crippen LogP contribution in [0.4, 0.5) is 13.2 Å². The summed E-state index contributed by atoms with van der Waals surface area (Å²) in [5.41, 5.74) is 0. The van der Waals surface area contributed by atoms with E-state index in [9.17, 15) is 22.8 Å². The lowest BCUT2D eigenvalue weighted by Crippen LogP contribution is -2.35. The lowest BCUT2D eigenvalue weighted by molar-refractivity contribution is -0.174. The Bertz CT molecular complexity index is 266. The maximum absolute atomic E-state index is 11.7. The van der Waals surface area contributed by atoms with Crippen LogP contribution in [0.2, 0.25) is 0 Å². The van der Waals surface area contributed by atoms with Gasteiger partial charge in [0, 0.05) is 13.2 Å². The van der Waals surface area contributed by atoms with E-state index in [1.165, 1.54) is 0 Å². The molecule has 0 aromatic carbocycles. The Morgan fingerprint density at radius 2 is 1.61 bits per heavy atom. The van der Waals surface area contributed by atoms with Crippen LogP contribution in [-0.4, -0.2) is 66.1 Å². The molecule has 2 N–H and O–H groups in total. The Labute approximate surface area is 101 Å². The lowest BCUT2D eigenvalue weighted by Gasteiger charge is -2.17. The smallest absolute Gasteiger partial charge is 0.411 e. The minimum atomic E-state index is -4.40. The van der Waals surface area contributed by atoms with E-state index < -0.39 is 37.8 Å². The highest BCUT2D eigenvalue weighted by atomic mass is 19.4. The largest absolute Gasteiger partial charge is 0.480 e. The van der Waals surface area contributed by atoms with Crippen molar-refractivity contribution in [2.24, 2.45) is 0 Å². The molecule has 0 aromatic rings. The number of rotatable bonds is 9. The number of carbonyl (C=O) groups is 2. The molecule has 6 nitrogen and oxygen atoms in total. The fourth-order valence-electron chi connectivity index (χ4n) is 1.17. The highest BCUT2D eigenvalue weighted by Crippen LogP contribution is 2.14. The molecule has 0 radical (unpaired) electrons. The topological polar surface area (TPSA) is 87.1 Å². The van der Waals surface area contributed by atoms with Gasteiger partial charge in [0.05, 0.1) is 13.1 Å². The van der Waals surface area contributed by atoms with Gasteiger partial charge in [-0.2, -0.15) is 13.2 Å². The van der Waals surface area contributed by atoms with E-state index in [4.69, 9.17) is 10.2 Å². The average molecular weight is 273 g/mol. The van der Waals surface area contributed by atoms with Gasteiger partial charge in [-0.3, -0.25) is 14.5 Å². The summed E-state index contributed by atoms with van der Waals surface area (Å²) in [6, 6.07) is 0. The van der Waals surface area contributed by atoms with Crippen LogP contribution in [0.5, 0.6) is 0 Å². The lowest BCUT2D eigenvalue weighted by atomic mass is 10.3. The molecule has 0 atom stereocenters. The first kappa shape index (κ1) is 16.6. The molecule has 0 spiro atoms. The zero-order valence-electron chi connectivity index (χ0n) is 9.44. The first-order chi connectivity index (χ1) is 8.20. The van der Waals surface area contributed by atoms with Gasteiger partial charge in [0.2, 0.25) is 0 Å². The van der Waals surface area contributed by atoms with Crippen LogP contribution in [0.1, 0.15) is 6.42 Å². The fraction of sp³-hybridized carbons (Fsp3) is 0.778. The van der Waals surface area contributed by atoms with Crippen molar-refractivity contribution in [2.75, 3.05) is 32.8 Å². The van der Waals surface area contributed by atoms with Crippen LogP contribution in [0.15, 0.2) is 0 Å². The average Bonchev–Trinajstić information content (AvgIpc) is 2.12. The number of hydrogen-bond acceptors (Lipinski definition) is 4. The van der Waals surface area contributed by atoms with Gasteiger partial charge in [0.25, 0.3) is 0 Å². The number of hydrogen-bond donors (Lipinski definition) is 2. The van der Waals surface area contributed by atoms with Gasteiger partial charge in [-0.1, -0.05) is 0 Å². The van der Waals surface area contributed by atoms with Gasteiger partial charge in [-0.25, -0.2) is 0 Å². The number of ether oxygens (including phenoxy) is 1. The molecule has 0 fully saturated rings. The van der Waals surface area contributed by atoms with E-state index in [2.05, 4.69) is 4.74 Å². The van der Waals surface area contributed by atoms with Crippen LogP contribution >= 0.6 is 0 Å². The number of aliphatic carboxylic acids is 2. The van der Waals surface area contributed by atoms with Crippen molar-refractivity contribution in [3.8, 4) is 0 Å². The Hall–Kier alpha value is -1.35. The van der Waals surface area contributed by atoms with Crippen LogP contribution < -0.4 is 0 Å². The molecule has 0 heterocycles. The van der Waals surface area contributed by atoms with Crippen molar-refractivity contribution < 1.29 is 37.7 Å². The van der Waals surface area contributed by atoms with Gasteiger partial charge in [-0.15, -0.1) is 0 Å². The van der Waals surface area contributed by atoms with Crippen molar-refractivity contribution in [3.05, 3.63) is 0 Å². The highest BCUT2D eigenvalue weighted by Gasteiger charge is 2.27. The minimum absolute atomic E-state index is 0.0382. The summed E-state index contributed by atoms with van der Waals surface area (Å²) in [5.74, 6) is -2.40. The van der Waals surface area contributed by atoms with Gasteiger partial charge in [-0.05, 0) is 6.42 Å². The van der Waals surface area contributed by atoms with Crippen molar-refractivity contribution in [2.45, 2.75) is 12.6 Å². The summed E-state index contributed by atoms with van der Waals surface area (Å²) in [5, 5.41) is 17.0. The summed E-state index contributed by atoms with van der Waals surface area (Å²) in [4.78, 5) is 21.9. The number of halogens is 3. The van der Waals surface area contributed by atoms with Crippen LogP contribution in [0.25, 0.3) is 0 Å². The molecular formula is C9H14F3NO5. The summed E-state index contributed by atoms with van der Waals surface area (Å²) in [6.45, 7) is -2.51. The molecule has 0 aliphatic rings. The second-order valence-corrected chi connectivity index (χ2v) is 3.52. The predicted molar refractivity (Wildman–Crippen MR) is 53.2 cm³/mol. The molecule has 0 saturated carbocycles. The third-order valence-corrected chi connectivity index (χ3v) is 1.75. The van der Waals surface area contributed by atoms with Crippen molar-refractivity contribution in [1.29, 1.82) is 0 Å². The van der Waals surface area contributed by atoms with E-state index in [1.54, 1.807) is 0 Å². The normalized spacial score (nSPS) is 11.8. The molecule has 9 heteroatoms. The van der Waals surface area contributed by atoms with Gasteiger partial charge in [0.1, 0.15) is 6.61 Å². The molecule has 0 amide bonds. The van der Waals surface area contributed by atoms with Crippen LogP contribution in [-0.2, 0) is 14.3 Å². The molecule has 0 bridgehead atoms. The number of carboxylic acids is 2. The third-order valence-electron chi connectivity index (χ3n) is 1.75. The van der Waals surface area contributed by atoms with Gasteiger partial charge >= 0.3 is 18.1 Å². The Balaban J connectivity index is 3.82. The molecule has 0 aliphatic heterocycles. The number of carboxylic acid groups (broad SMARTS) is 2. The maximum atomic E-state index is 11.7. The minimum Gasteiger partial charge on any atom is -0.480 e. The summed E-state index contributed by atoms with van der Waals surface area (Å²) >= 11 is 0. The number of nitrogens with zero attached hydrogens (tertiary/aromatic N) is 1. The maximum Gasteiger partial charge on any atom is 0.411 e. The van der Waals surface area contributed by atoms with E-state index in [0.717, 1.165) is 4.90 Å². The Kier molecular flexibility index (Phi) is 7.29. The Morgan fingerprint density at radius 3 is 2.00 bits per heavy atom. The molecule has 0 saturated heterocycles. The molecule has 0 aliphatic carbocycles. The van der Waals surface area contributed by atoms with E-state index in [0.29, 0.717) is 0 Å². The van der Waals surface area contributed by atoms with Crippen molar-refractivity contribution >= 4 is 11.9 Å². The monoisotopic (exact) mass is 273 g/mol. The first-order valence-corrected chi connectivity index (χ1v) is 5.01. The zero-order valence-corrected chi connectivity index (χ0v) is 9.44. The SMILES string of the molecule is O=C(O)CN(CCCOCC(F)(F)F)CC(=O)O. The predicted octanol–water partition coefficient (Wildman–Crippen LogP) is 0.427. The van der Waals surface area contributed by atoms with Crippen LogP contribution in [0, 0.1) is 0 Å². The molecule has 0 rings (SSSR count). The van der Waals surface area contributed by atoms with Crippen molar-refractivity contribution in [1.82, 2.24) is 4.90 Å². The summed E-state index contributed by atoms with van der Waals surface area (Å²) < 4.78 is 39.4. The summed E-state index contributed by atoms with van der Waals surface area (Å²) in [7, 11) is 0. The van der Waals surface area contributed by atoms with E-state index in [-0.39, 0.29) is 19.6 Å². The number of alkyl halides is 3. The summed E-state index contributed by atoms with van der Waals surface area (Å²) in [6.07, 6.45) is -4.28. The molecule has 0 aromatic heterocycles. The second kappa shape index (κ2) is 7.88. The fourth-order valence-corrected chi connectivity index (χ4v) is 1.17. The molecular weight excluding hydrogens is 259 g/mol. The highest BCUT2D eigenvalue weighted by molar-refractivity contribution is 5.72. The van der Waals surface area contributed by atoms with Gasteiger partial charge < -0.3 is 14.9 Å². The molecule has 106 valence electrons. The van der Waals surface area contributed by atoms with E-state index >= 15 is 0 Å². The van der Waals surface area contributed by atoms with Crippen molar-refractivity contribution in [3.63, 3.8) is 0 Å². The zero-order chi connectivity index (χ0) is 14.2.